The minimum absolute atomic E-state index is 0.219. The van der Waals surface area contributed by atoms with Crippen molar-refractivity contribution < 1.29 is 17.9 Å². The Balaban J connectivity index is 1.47. The van der Waals surface area contributed by atoms with Crippen LogP contribution in [0.3, 0.4) is 0 Å². The zero-order valence-electron chi connectivity index (χ0n) is 15.0. The van der Waals surface area contributed by atoms with Crippen molar-refractivity contribution in [2.45, 2.75) is 17.7 Å². The molecule has 0 spiro atoms. The van der Waals surface area contributed by atoms with Crippen molar-refractivity contribution in [2.24, 2.45) is 5.92 Å². The Bertz CT molecular complexity index is 871. The minimum Gasteiger partial charge on any atom is -0.461 e. The fourth-order valence-electron chi connectivity index (χ4n) is 3.07. The van der Waals surface area contributed by atoms with Gasteiger partial charge in [0.05, 0.1) is 10.8 Å². The van der Waals surface area contributed by atoms with E-state index in [1.165, 1.54) is 4.31 Å². The zero-order chi connectivity index (χ0) is 19.1. The number of piperidine rings is 1. The molecule has 3 rings (SSSR count). The molecule has 2 aromatic carbocycles. The van der Waals surface area contributed by atoms with E-state index in [0.717, 1.165) is 5.56 Å². The Morgan fingerprint density at radius 1 is 1.00 bits per heavy atom. The summed E-state index contributed by atoms with van der Waals surface area (Å²) in [5, 5.41) is 0. The van der Waals surface area contributed by atoms with E-state index in [4.69, 9.17) is 4.74 Å². The summed E-state index contributed by atoms with van der Waals surface area (Å²) in [7, 11) is -3.49. The van der Waals surface area contributed by atoms with E-state index >= 15 is 0 Å². The van der Waals surface area contributed by atoms with Crippen molar-refractivity contribution in [1.82, 2.24) is 4.31 Å². The Hall–Kier alpha value is -2.44. The number of benzene rings is 2. The maximum atomic E-state index is 12.6. The Kier molecular flexibility index (Phi) is 6.42. The van der Waals surface area contributed by atoms with Crippen molar-refractivity contribution in [3.8, 4) is 0 Å². The molecule has 1 aliphatic rings. The van der Waals surface area contributed by atoms with Crippen LogP contribution in [0.25, 0.3) is 6.08 Å². The molecule has 0 aliphatic carbocycles. The van der Waals surface area contributed by atoms with Crippen molar-refractivity contribution in [3.05, 3.63) is 72.3 Å². The van der Waals surface area contributed by atoms with Gasteiger partial charge in [-0.15, -0.1) is 0 Å². The quantitative estimate of drug-likeness (QED) is 0.716. The molecule has 1 saturated heterocycles. The molecule has 0 bridgehead atoms. The molecule has 0 amide bonds. The monoisotopic (exact) mass is 385 g/mol. The van der Waals surface area contributed by atoms with Gasteiger partial charge in [-0.05, 0) is 36.6 Å². The smallest absolute Gasteiger partial charge is 0.309 e. The van der Waals surface area contributed by atoms with Gasteiger partial charge in [-0.25, -0.2) is 8.42 Å². The lowest BCUT2D eigenvalue weighted by molar-refractivity contribution is -0.148. The number of carbonyl (C=O) groups is 1. The molecule has 1 heterocycles. The number of nitrogens with zero attached hydrogens (tertiary/aromatic N) is 1. The van der Waals surface area contributed by atoms with Crippen molar-refractivity contribution in [2.75, 3.05) is 19.7 Å². The number of hydrogen-bond donors (Lipinski definition) is 0. The lowest BCUT2D eigenvalue weighted by atomic mass is 9.98. The molecule has 6 heteroatoms. The van der Waals surface area contributed by atoms with E-state index in [9.17, 15) is 13.2 Å². The van der Waals surface area contributed by atoms with Crippen LogP contribution in [0.15, 0.2) is 71.6 Å². The molecule has 0 atom stereocenters. The average Bonchev–Trinajstić information content (AvgIpc) is 2.72. The zero-order valence-corrected chi connectivity index (χ0v) is 15.8. The summed E-state index contributed by atoms with van der Waals surface area (Å²) >= 11 is 0. The molecule has 142 valence electrons. The molecule has 0 unspecified atom stereocenters. The van der Waals surface area contributed by atoms with E-state index < -0.39 is 10.0 Å². The van der Waals surface area contributed by atoms with Gasteiger partial charge in [-0.1, -0.05) is 54.6 Å². The third-order valence-electron chi connectivity index (χ3n) is 4.60. The summed E-state index contributed by atoms with van der Waals surface area (Å²) in [6.07, 6.45) is 4.67. The molecule has 0 aromatic heterocycles. The maximum absolute atomic E-state index is 12.6. The predicted octanol–water partition coefficient (Wildman–Crippen LogP) is 3.34. The van der Waals surface area contributed by atoms with E-state index in [-0.39, 0.29) is 23.4 Å². The van der Waals surface area contributed by atoms with Gasteiger partial charge in [0, 0.05) is 13.1 Å². The first-order chi connectivity index (χ1) is 13.1. The predicted molar refractivity (Wildman–Crippen MR) is 104 cm³/mol. The highest BCUT2D eigenvalue weighted by Gasteiger charge is 2.32. The van der Waals surface area contributed by atoms with Gasteiger partial charge in [0.1, 0.15) is 6.61 Å². The highest BCUT2D eigenvalue weighted by atomic mass is 32.2. The van der Waals surface area contributed by atoms with E-state index in [1.54, 1.807) is 30.3 Å². The van der Waals surface area contributed by atoms with Gasteiger partial charge in [-0.3, -0.25) is 4.79 Å². The molecular formula is C21H23NO4S. The summed E-state index contributed by atoms with van der Waals surface area (Å²) in [4.78, 5) is 12.5. The van der Waals surface area contributed by atoms with Gasteiger partial charge in [0.15, 0.2) is 0 Å². The lowest BCUT2D eigenvalue weighted by Gasteiger charge is -2.30. The average molecular weight is 385 g/mol. The summed E-state index contributed by atoms with van der Waals surface area (Å²) < 4.78 is 32.0. The second-order valence-electron chi connectivity index (χ2n) is 6.43. The molecule has 1 aliphatic heterocycles. The minimum atomic E-state index is -3.49. The first-order valence-electron chi connectivity index (χ1n) is 9.01. The van der Waals surface area contributed by atoms with E-state index in [1.807, 2.05) is 42.5 Å². The fourth-order valence-corrected chi connectivity index (χ4v) is 4.56. The topological polar surface area (TPSA) is 63.7 Å². The molecule has 0 saturated carbocycles. The summed E-state index contributed by atoms with van der Waals surface area (Å²) in [6.45, 7) is 0.879. The number of carbonyl (C=O) groups excluding carboxylic acids is 1. The molecule has 0 radical (unpaired) electrons. The SMILES string of the molecule is O=C(OC/C=C/c1ccccc1)C1CCN(S(=O)(=O)c2ccccc2)CC1. The molecule has 1 fully saturated rings. The normalized spacial score (nSPS) is 16.4. The summed E-state index contributed by atoms with van der Waals surface area (Å²) in [5.41, 5.74) is 1.05. The van der Waals surface area contributed by atoms with Crippen LogP contribution in [0.2, 0.25) is 0 Å². The number of esters is 1. The highest BCUT2D eigenvalue weighted by Crippen LogP contribution is 2.24. The molecule has 0 N–H and O–H groups in total. The molecule has 2 aromatic rings. The second kappa shape index (κ2) is 8.97. The third kappa shape index (κ3) is 5.05. The number of sulfonamides is 1. The molecule has 27 heavy (non-hydrogen) atoms. The summed E-state index contributed by atoms with van der Waals surface area (Å²) in [6, 6.07) is 18.2. The Labute approximate surface area is 160 Å². The second-order valence-corrected chi connectivity index (χ2v) is 8.37. The van der Waals surface area contributed by atoms with Gasteiger partial charge in [0.2, 0.25) is 10.0 Å². The van der Waals surface area contributed by atoms with Crippen LogP contribution in [0, 0.1) is 5.92 Å². The van der Waals surface area contributed by atoms with Gasteiger partial charge >= 0.3 is 5.97 Å². The fraction of sp³-hybridized carbons (Fsp3) is 0.286. The largest absolute Gasteiger partial charge is 0.461 e. The Morgan fingerprint density at radius 2 is 1.59 bits per heavy atom. The molecular weight excluding hydrogens is 362 g/mol. The lowest BCUT2D eigenvalue weighted by Crippen LogP contribution is -2.40. The van der Waals surface area contributed by atoms with Gasteiger partial charge in [0.25, 0.3) is 0 Å². The van der Waals surface area contributed by atoms with Crippen molar-refractivity contribution >= 4 is 22.1 Å². The van der Waals surface area contributed by atoms with Gasteiger partial charge in [-0.2, -0.15) is 4.31 Å². The van der Waals surface area contributed by atoms with Gasteiger partial charge < -0.3 is 4.74 Å². The van der Waals surface area contributed by atoms with E-state index in [2.05, 4.69) is 0 Å². The van der Waals surface area contributed by atoms with Crippen LogP contribution in [-0.4, -0.2) is 38.4 Å². The first kappa shape index (κ1) is 19.3. The van der Waals surface area contributed by atoms with Crippen molar-refractivity contribution in [3.63, 3.8) is 0 Å². The maximum Gasteiger partial charge on any atom is 0.309 e. The third-order valence-corrected chi connectivity index (χ3v) is 6.51. The number of hydrogen-bond acceptors (Lipinski definition) is 4. The van der Waals surface area contributed by atoms with Crippen LogP contribution in [0.4, 0.5) is 0 Å². The Morgan fingerprint density at radius 3 is 2.22 bits per heavy atom. The van der Waals surface area contributed by atoms with Crippen LogP contribution in [-0.2, 0) is 19.6 Å². The van der Waals surface area contributed by atoms with Crippen LogP contribution in [0.5, 0.6) is 0 Å². The van der Waals surface area contributed by atoms with Crippen LogP contribution in [0.1, 0.15) is 18.4 Å². The number of ether oxygens (including phenoxy) is 1. The molecule has 5 nitrogen and oxygen atoms in total. The van der Waals surface area contributed by atoms with Crippen LogP contribution < -0.4 is 0 Å². The first-order valence-corrected chi connectivity index (χ1v) is 10.4. The highest BCUT2D eigenvalue weighted by molar-refractivity contribution is 7.89. The standard InChI is InChI=1S/C21H23NO4S/c23-21(26-17-7-10-18-8-3-1-4-9-18)19-13-15-22(16-14-19)27(24,25)20-11-5-2-6-12-20/h1-12,19H,13-17H2/b10-7+. The van der Waals surface area contributed by atoms with Crippen LogP contribution >= 0.6 is 0 Å². The number of rotatable bonds is 6. The van der Waals surface area contributed by atoms with Crippen molar-refractivity contribution in [1.29, 1.82) is 0 Å². The van der Waals surface area contributed by atoms with E-state index in [0.29, 0.717) is 25.9 Å². The summed E-state index contributed by atoms with van der Waals surface area (Å²) in [5.74, 6) is -0.512.